The summed E-state index contributed by atoms with van der Waals surface area (Å²) in [6.45, 7) is 7.96. The molecule has 164 valence electrons. The van der Waals surface area contributed by atoms with Gasteiger partial charge in [0.25, 0.3) is 0 Å². The van der Waals surface area contributed by atoms with Crippen LogP contribution >= 0.6 is 0 Å². The zero-order valence-electron chi connectivity index (χ0n) is 19.0. The Morgan fingerprint density at radius 2 is 1.91 bits per heavy atom. The predicted molar refractivity (Wildman–Crippen MR) is 123 cm³/mol. The van der Waals surface area contributed by atoms with Crippen LogP contribution in [0.25, 0.3) is 10.9 Å². The Balaban J connectivity index is 1.40. The Hall–Kier alpha value is -3.39. The van der Waals surface area contributed by atoms with Crippen LogP contribution in [0.15, 0.2) is 54.6 Å². The van der Waals surface area contributed by atoms with Gasteiger partial charge < -0.3 is 9.47 Å². The van der Waals surface area contributed by atoms with E-state index in [4.69, 9.17) is 9.47 Å². The van der Waals surface area contributed by atoms with Crippen LogP contribution in [-0.2, 0) is 22.6 Å². The van der Waals surface area contributed by atoms with E-state index in [1.807, 2.05) is 70.2 Å². The van der Waals surface area contributed by atoms with Crippen LogP contribution in [0.1, 0.15) is 44.0 Å². The molecule has 0 aliphatic heterocycles. The van der Waals surface area contributed by atoms with Crippen molar-refractivity contribution in [3.05, 3.63) is 71.4 Å². The molecule has 5 nitrogen and oxygen atoms in total. The van der Waals surface area contributed by atoms with E-state index < -0.39 is 11.0 Å². The number of aryl methyl sites for hydroxylation is 1. The van der Waals surface area contributed by atoms with Crippen LogP contribution in [0.5, 0.6) is 5.75 Å². The van der Waals surface area contributed by atoms with E-state index in [0.717, 1.165) is 33.5 Å². The van der Waals surface area contributed by atoms with Crippen LogP contribution in [0, 0.1) is 29.6 Å². The maximum absolute atomic E-state index is 12.4. The molecule has 0 radical (unpaired) electrons. The molecule has 5 heteroatoms. The predicted octanol–water partition coefficient (Wildman–Crippen LogP) is 5.54. The maximum atomic E-state index is 12.4. The molecule has 3 aromatic rings. The van der Waals surface area contributed by atoms with Gasteiger partial charge in [-0.25, -0.2) is 0 Å². The van der Waals surface area contributed by atoms with Crippen LogP contribution in [0.3, 0.4) is 0 Å². The fraction of sp³-hybridized carbons (Fsp3) is 0.370. The normalized spacial score (nSPS) is 19.9. The van der Waals surface area contributed by atoms with Crippen molar-refractivity contribution in [3.8, 4) is 11.8 Å². The van der Waals surface area contributed by atoms with Crippen molar-refractivity contribution in [2.75, 3.05) is 0 Å². The lowest BCUT2D eigenvalue weighted by Crippen LogP contribution is -2.26. The number of aromatic nitrogens is 1. The number of benzene rings is 2. The molecule has 32 heavy (non-hydrogen) atoms. The minimum absolute atomic E-state index is 0.279. The summed E-state index contributed by atoms with van der Waals surface area (Å²) in [6, 6.07) is 20.2. The van der Waals surface area contributed by atoms with Crippen LogP contribution in [-0.4, -0.2) is 16.6 Å². The fourth-order valence-corrected chi connectivity index (χ4v) is 4.09. The van der Waals surface area contributed by atoms with E-state index in [9.17, 15) is 10.1 Å². The van der Waals surface area contributed by atoms with E-state index in [0.29, 0.717) is 19.4 Å². The van der Waals surface area contributed by atoms with Gasteiger partial charge in [-0.15, -0.1) is 0 Å². The number of rotatable bonds is 6. The molecule has 1 saturated carbocycles. The van der Waals surface area contributed by atoms with Crippen molar-refractivity contribution in [1.82, 2.24) is 4.98 Å². The second-order valence-corrected chi connectivity index (χ2v) is 9.61. The van der Waals surface area contributed by atoms with Crippen molar-refractivity contribution < 1.29 is 14.3 Å². The Labute approximate surface area is 189 Å². The number of esters is 1. The highest BCUT2D eigenvalue weighted by Gasteiger charge is 2.60. The number of carbonyl (C=O) groups is 1. The molecule has 1 aromatic heterocycles. The molecule has 1 heterocycles. The van der Waals surface area contributed by atoms with Gasteiger partial charge in [0.2, 0.25) is 0 Å². The lowest BCUT2D eigenvalue weighted by Gasteiger charge is -2.20. The lowest BCUT2D eigenvalue weighted by molar-refractivity contribution is -0.157. The smallest absolute Gasteiger partial charge is 0.311 e. The van der Waals surface area contributed by atoms with Crippen molar-refractivity contribution in [2.45, 2.75) is 52.7 Å². The van der Waals surface area contributed by atoms with Gasteiger partial charge >= 0.3 is 5.97 Å². The van der Waals surface area contributed by atoms with Gasteiger partial charge in [0.05, 0.1) is 22.9 Å². The number of fused-ring (bicyclic) bond motifs is 1. The monoisotopic (exact) mass is 428 g/mol. The van der Waals surface area contributed by atoms with E-state index in [2.05, 4.69) is 23.2 Å². The Morgan fingerprint density at radius 3 is 2.59 bits per heavy atom. The summed E-state index contributed by atoms with van der Waals surface area (Å²) in [5.41, 5.74) is 2.82. The second-order valence-electron chi connectivity index (χ2n) is 9.61. The fourth-order valence-electron chi connectivity index (χ4n) is 4.09. The molecular formula is C27H28N2O3. The number of hydrogen-bond acceptors (Lipinski definition) is 5. The third kappa shape index (κ3) is 4.75. The number of para-hydroxylation sites is 1. The summed E-state index contributed by atoms with van der Waals surface area (Å²) in [4.78, 5) is 17.0. The molecule has 1 aliphatic rings. The minimum Gasteiger partial charge on any atom is -0.489 e. The molecule has 0 bridgehead atoms. The largest absolute Gasteiger partial charge is 0.489 e. The third-order valence-corrected chi connectivity index (χ3v) is 5.76. The summed E-state index contributed by atoms with van der Waals surface area (Å²) >= 11 is 0. The first-order valence-electron chi connectivity index (χ1n) is 10.9. The minimum atomic E-state index is -0.668. The first-order valence-corrected chi connectivity index (χ1v) is 10.9. The molecule has 0 N–H and O–H groups in total. The molecule has 0 spiro atoms. The molecule has 1 unspecified atom stereocenters. The molecule has 0 saturated heterocycles. The molecular weight excluding hydrogens is 400 g/mol. The molecule has 0 amide bonds. The van der Waals surface area contributed by atoms with E-state index >= 15 is 0 Å². The molecule has 2 aromatic carbocycles. The number of nitrogens with zero attached hydrogens (tertiary/aromatic N) is 2. The average Bonchev–Trinajstić information content (AvgIpc) is 3.46. The number of nitriles is 1. The summed E-state index contributed by atoms with van der Waals surface area (Å²) in [5, 5.41) is 10.8. The SMILES string of the molecule is Cc1cc(COc2ccc(C[C@]3(C#N)CC3C(=O)OC(C)(C)C)cc2)c2ccccc2n1. The second kappa shape index (κ2) is 8.27. The topological polar surface area (TPSA) is 72.2 Å². The van der Waals surface area contributed by atoms with Crippen molar-refractivity contribution >= 4 is 16.9 Å². The molecule has 2 atom stereocenters. The van der Waals surface area contributed by atoms with Crippen LogP contribution in [0.4, 0.5) is 0 Å². The quantitative estimate of drug-likeness (QED) is 0.482. The first kappa shape index (κ1) is 21.8. The first-order chi connectivity index (χ1) is 15.2. The zero-order chi connectivity index (χ0) is 22.9. The maximum Gasteiger partial charge on any atom is 0.311 e. The summed E-state index contributed by atoms with van der Waals surface area (Å²) in [7, 11) is 0. The van der Waals surface area contributed by atoms with Gasteiger partial charge in [0.1, 0.15) is 18.0 Å². The third-order valence-electron chi connectivity index (χ3n) is 5.76. The summed E-state index contributed by atoms with van der Waals surface area (Å²) in [5.74, 6) is 0.127. The number of carbonyl (C=O) groups excluding carboxylic acids is 1. The highest BCUT2D eigenvalue weighted by molar-refractivity contribution is 5.82. The number of ether oxygens (including phenoxy) is 2. The van der Waals surface area contributed by atoms with Gasteiger partial charge in [-0.3, -0.25) is 9.78 Å². The van der Waals surface area contributed by atoms with Gasteiger partial charge in [-0.05, 0) is 70.4 Å². The van der Waals surface area contributed by atoms with Crippen molar-refractivity contribution in [1.29, 1.82) is 5.26 Å². The Bertz CT molecular complexity index is 1190. The van der Waals surface area contributed by atoms with Gasteiger partial charge in [-0.1, -0.05) is 30.3 Å². The molecule has 1 aliphatic carbocycles. The highest BCUT2D eigenvalue weighted by Crippen LogP contribution is 2.55. The van der Waals surface area contributed by atoms with E-state index in [1.54, 1.807) is 0 Å². The average molecular weight is 429 g/mol. The lowest BCUT2D eigenvalue weighted by atomic mass is 9.95. The Morgan fingerprint density at radius 1 is 1.19 bits per heavy atom. The summed E-state index contributed by atoms with van der Waals surface area (Å²) < 4.78 is 11.5. The Kier molecular flexibility index (Phi) is 5.64. The number of pyridine rings is 1. The van der Waals surface area contributed by atoms with Gasteiger partial charge in [-0.2, -0.15) is 5.26 Å². The van der Waals surface area contributed by atoms with Crippen molar-refractivity contribution in [3.63, 3.8) is 0 Å². The summed E-state index contributed by atoms with van der Waals surface area (Å²) in [6.07, 6.45) is 1.08. The molecule has 1 fully saturated rings. The van der Waals surface area contributed by atoms with Crippen LogP contribution in [0.2, 0.25) is 0 Å². The zero-order valence-corrected chi connectivity index (χ0v) is 19.0. The van der Waals surface area contributed by atoms with E-state index in [1.165, 1.54) is 0 Å². The van der Waals surface area contributed by atoms with Gasteiger partial charge in [0.15, 0.2) is 0 Å². The van der Waals surface area contributed by atoms with E-state index in [-0.39, 0.29) is 11.9 Å². The number of hydrogen-bond donors (Lipinski definition) is 0. The standard InChI is InChI=1S/C27H28N2O3/c1-18-13-20(22-7-5-6-8-24(22)29-18)16-31-21-11-9-19(10-12-21)14-27(17-28)15-23(27)25(30)32-26(2,3)4/h5-13,23H,14-16H2,1-4H3/t23?,27-/m1/s1. The van der Waals surface area contributed by atoms with Gasteiger partial charge in [0, 0.05) is 16.6 Å². The highest BCUT2D eigenvalue weighted by atomic mass is 16.6. The van der Waals surface area contributed by atoms with Crippen molar-refractivity contribution in [2.24, 2.45) is 11.3 Å². The van der Waals surface area contributed by atoms with Crippen LogP contribution < -0.4 is 4.74 Å². The molecule has 4 rings (SSSR count).